The molecule has 0 aliphatic carbocycles. The van der Waals surface area contributed by atoms with Crippen molar-refractivity contribution in [1.82, 2.24) is 4.98 Å². The number of rotatable bonds is 2. The molecule has 4 heteroatoms. The van der Waals surface area contributed by atoms with Crippen molar-refractivity contribution in [2.45, 2.75) is 25.4 Å². The largest absolute Gasteiger partial charge is 0.398 e. The van der Waals surface area contributed by atoms with E-state index in [1.807, 2.05) is 18.3 Å². The van der Waals surface area contributed by atoms with Crippen molar-refractivity contribution in [1.29, 1.82) is 0 Å². The van der Waals surface area contributed by atoms with Gasteiger partial charge in [0.1, 0.15) is 0 Å². The van der Waals surface area contributed by atoms with Crippen molar-refractivity contribution in [3.05, 3.63) is 30.6 Å². The summed E-state index contributed by atoms with van der Waals surface area (Å²) in [5.41, 5.74) is 7.99. The predicted octanol–water partition coefficient (Wildman–Crippen LogP) is 2.82. The van der Waals surface area contributed by atoms with Crippen LogP contribution in [-0.4, -0.2) is 30.8 Å². The number of hydrogen-bond donors (Lipinski definition) is 1. The van der Waals surface area contributed by atoms with E-state index in [0.29, 0.717) is 0 Å². The van der Waals surface area contributed by atoms with E-state index >= 15 is 0 Å². The molecule has 1 aromatic carbocycles. The highest BCUT2D eigenvalue weighted by Crippen LogP contribution is 2.34. The van der Waals surface area contributed by atoms with Gasteiger partial charge in [0, 0.05) is 54.7 Å². The smallest absolute Gasteiger partial charge is 0.0825 e. The maximum atomic E-state index is 6.06. The van der Waals surface area contributed by atoms with Gasteiger partial charge in [0.25, 0.3) is 0 Å². The van der Waals surface area contributed by atoms with Gasteiger partial charge in [-0.05, 0) is 38.0 Å². The first-order chi connectivity index (χ1) is 9.63. The van der Waals surface area contributed by atoms with Gasteiger partial charge in [-0.3, -0.25) is 4.98 Å². The van der Waals surface area contributed by atoms with E-state index in [2.05, 4.69) is 22.9 Å². The van der Waals surface area contributed by atoms with Crippen molar-refractivity contribution in [2.75, 3.05) is 30.8 Å². The molecule has 106 valence electrons. The second kappa shape index (κ2) is 4.94. The molecule has 20 heavy (non-hydrogen) atoms. The van der Waals surface area contributed by atoms with Crippen molar-refractivity contribution >= 4 is 22.1 Å². The van der Waals surface area contributed by atoms with Gasteiger partial charge in [0.15, 0.2) is 0 Å². The van der Waals surface area contributed by atoms with Gasteiger partial charge < -0.3 is 15.4 Å². The number of nitrogens with two attached hydrogens (primary N) is 1. The molecule has 1 atom stereocenters. The van der Waals surface area contributed by atoms with Crippen LogP contribution in [0.5, 0.6) is 0 Å². The zero-order chi connectivity index (χ0) is 14.2. The fourth-order valence-corrected chi connectivity index (χ4v) is 3.05. The maximum absolute atomic E-state index is 6.06. The third-order valence-electron chi connectivity index (χ3n) is 4.32. The Morgan fingerprint density at radius 2 is 2.15 bits per heavy atom. The molecule has 1 saturated heterocycles. The summed E-state index contributed by atoms with van der Waals surface area (Å²) in [6.45, 7) is 4.13. The Morgan fingerprint density at radius 1 is 1.30 bits per heavy atom. The van der Waals surface area contributed by atoms with Gasteiger partial charge in [-0.1, -0.05) is 0 Å². The Hall–Kier alpha value is -1.81. The zero-order valence-electron chi connectivity index (χ0n) is 12.1. The second-order valence-corrected chi connectivity index (χ2v) is 5.77. The lowest BCUT2D eigenvalue weighted by atomic mass is 9.93. The maximum Gasteiger partial charge on any atom is 0.0825 e. The molecule has 2 heterocycles. The SMILES string of the molecule is COC1(C)CCCN(c2ccc(N)c3ccncc23)C1. The molecule has 0 amide bonds. The van der Waals surface area contributed by atoms with Crippen LogP contribution >= 0.6 is 0 Å². The molecule has 0 spiro atoms. The fraction of sp³-hybridized carbons (Fsp3) is 0.438. The van der Waals surface area contributed by atoms with E-state index in [0.717, 1.165) is 42.4 Å². The molecule has 0 bridgehead atoms. The van der Waals surface area contributed by atoms with Crippen LogP contribution in [0.1, 0.15) is 19.8 Å². The topological polar surface area (TPSA) is 51.4 Å². The molecule has 1 aliphatic heterocycles. The Balaban J connectivity index is 2.04. The summed E-state index contributed by atoms with van der Waals surface area (Å²) in [5.74, 6) is 0. The minimum Gasteiger partial charge on any atom is -0.398 e. The molecule has 4 nitrogen and oxygen atoms in total. The molecule has 1 fully saturated rings. The number of pyridine rings is 1. The van der Waals surface area contributed by atoms with Crippen molar-refractivity contribution in [3.8, 4) is 0 Å². The van der Waals surface area contributed by atoms with Crippen LogP contribution in [0.2, 0.25) is 0 Å². The van der Waals surface area contributed by atoms with Gasteiger partial charge in [0.05, 0.1) is 5.60 Å². The lowest BCUT2D eigenvalue weighted by Gasteiger charge is -2.41. The average Bonchev–Trinajstić information content (AvgIpc) is 2.48. The number of ether oxygens (including phenoxy) is 1. The molecule has 0 radical (unpaired) electrons. The third-order valence-corrected chi connectivity index (χ3v) is 4.32. The van der Waals surface area contributed by atoms with Crippen molar-refractivity contribution < 1.29 is 4.74 Å². The first-order valence-electron chi connectivity index (χ1n) is 7.05. The quantitative estimate of drug-likeness (QED) is 0.853. The van der Waals surface area contributed by atoms with E-state index in [9.17, 15) is 0 Å². The molecule has 2 aromatic rings. The number of nitrogen functional groups attached to an aromatic ring is 1. The van der Waals surface area contributed by atoms with Gasteiger partial charge >= 0.3 is 0 Å². The molecule has 1 aromatic heterocycles. The summed E-state index contributed by atoms with van der Waals surface area (Å²) >= 11 is 0. The van der Waals surface area contributed by atoms with Gasteiger partial charge in [-0.15, -0.1) is 0 Å². The van der Waals surface area contributed by atoms with Crippen LogP contribution < -0.4 is 10.6 Å². The monoisotopic (exact) mass is 271 g/mol. The molecule has 1 unspecified atom stereocenters. The number of fused-ring (bicyclic) bond motifs is 1. The van der Waals surface area contributed by atoms with E-state index in [-0.39, 0.29) is 5.60 Å². The Labute approximate surface area is 119 Å². The predicted molar refractivity (Wildman–Crippen MR) is 83.0 cm³/mol. The normalized spacial score (nSPS) is 23.2. The number of piperidine rings is 1. The van der Waals surface area contributed by atoms with E-state index < -0.39 is 0 Å². The Kier molecular flexibility index (Phi) is 3.26. The summed E-state index contributed by atoms with van der Waals surface area (Å²) in [6.07, 6.45) is 5.93. The summed E-state index contributed by atoms with van der Waals surface area (Å²) < 4.78 is 5.68. The summed E-state index contributed by atoms with van der Waals surface area (Å²) in [7, 11) is 1.80. The summed E-state index contributed by atoms with van der Waals surface area (Å²) in [4.78, 5) is 6.64. The highest BCUT2D eigenvalue weighted by Gasteiger charge is 2.31. The zero-order valence-corrected chi connectivity index (χ0v) is 12.1. The lowest BCUT2D eigenvalue weighted by Crippen LogP contribution is -2.47. The number of nitrogens with zero attached hydrogens (tertiary/aromatic N) is 2. The number of hydrogen-bond acceptors (Lipinski definition) is 4. The van der Waals surface area contributed by atoms with Gasteiger partial charge in [-0.2, -0.15) is 0 Å². The van der Waals surface area contributed by atoms with Crippen molar-refractivity contribution in [3.63, 3.8) is 0 Å². The van der Waals surface area contributed by atoms with Crippen LogP contribution in [0.4, 0.5) is 11.4 Å². The Morgan fingerprint density at radius 3 is 2.95 bits per heavy atom. The van der Waals surface area contributed by atoms with Crippen LogP contribution in [0, 0.1) is 0 Å². The third kappa shape index (κ3) is 2.20. The van der Waals surface area contributed by atoms with E-state index in [4.69, 9.17) is 10.5 Å². The highest BCUT2D eigenvalue weighted by molar-refractivity contribution is 6.00. The van der Waals surface area contributed by atoms with Crippen molar-refractivity contribution in [2.24, 2.45) is 0 Å². The molecule has 3 rings (SSSR count). The molecular weight excluding hydrogens is 250 g/mol. The minimum absolute atomic E-state index is 0.0752. The first-order valence-corrected chi connectivity index (χ1v) is 7.05. The summed E-state index contributed by atoms with van der Waals surface area (Å²) in [5, 5.41) is 2.19. The first kappa shape index (κ1) is 13.2. The van der Waals surface area contributed by atoms with Gasteiger partial charge in [0.2, 0.25) is 0 Å². The number of benzene rings is 1. The lowest BCUT2D eigenvalue weighted by molar-refractivity contribution is -0.00459. The van der Waals surface area contributed by atoms with Gasteiger partial charge in [-0.25, -0.2) is 0 Å². The highest BCUT2D eigenvalue weighted by atomic mass is 16.5. The molecule has 1 aliphatic rings. The second-order valence-electron chi connectivity index (χ2n) is 5.77. The van der Waals surface area contributed by atoms with Crippen LogP contribution in [-0.2, 0) is 4.74 Å². The number of anilines is 2. The van der Waals surface area contributed by atoms with E-state index in [1.165, 1.54) is 5.69 Å². The average molecular weight is 271 g/mol. The van der Waals surface area contributed by atoms with Crippen LogP contribution in [0.25, 0.3) is 10.8 Å². The molecule has 0 saturated carbocycles. The van der Waals surface area contributed by atoms with E-state index in [1.54, 1.807) is 13.3 Å². The summed E-state index contributed by atoms with van der Waals surface area (Å²) in [6, 6.07) is 6.06. The Bertz CT molecular complexity index is 628. The van der Waals surface area contributed by atoms with Crippen LogP contribution in [0.3, 0.4) is 0 Å². The fourth-order valence-electron chi connectivity index (χ4n) is 3.05. The molecular formula is C16H21N3O. The number of methoxy groups -OCH3 is 1. The standard InChI is InChI=1S/C16H21N3O/c1-16(20-2)7-3-9-19(11-16)15-5-4-14(17)12-6-8-18-10-13(12)15/h4-6,8,10H,3,7,9,11,17H2,1-2H3. The minimum atomic E-state index is -0.0752. The number of aromatic nitrogens is 1. The molecule has 2 N–H and O–H groups in total. The van der Waals surface area contributed by atoms with Crippen LogP contribution in [0.15, 0.2) is 30.6 Å².